The first-order valence-electron chi connectivity index (χ1n) is 6.64. The van der Waals surface area contributed by atoms with Crippen LogP contribution in [0.5, 0.6) is 0 Å². The quantitative estimate of drug-likeness (QED) is 0.811. The van der Waals surface area contributed by atoms with Crippen LogP contribution in [-0.4, -0.2) is 24.7 Å². The normalized spacial score (nSPS) is 11.8. The number of hydrogen-bond donors (Lipinski definition) is 2. The van der Waals surface area contributed by atoms with Crippen LogP contribution in [-0.2, 0) is 23.5 Å². The van der Waals surface area contributed by atoms with E-state index in [0.717, 1.165) is 16.8 Å². The summed E-state index contributed by atoms with van der Waals surface area (Å²) in [6.45, 7) is 4.07. The second kappa shape index (κ2) is 5.87. The lowest BCUT2D eigenvalue weighted by molar-refractivity contribution is 0.580. The molecule has 1 aromatic carbocycles. The summed E-state index contributed by atoms with van der Waals surface area (Å²) < 4.78 is 28.9. The Morgan fingerprint density at radius 1 is 1.29 bits per heavy atom. The van der Waals surface area contributed by atoms with Gasteiger partial charge in [-0.1, -0.05) is 0 Å². The second-order valence-electron chi connectivity index (χ2n) is 5.07. The minimum Gasteiger partial charge on any atom is -0.398 e. The van der Waals surface area contributed by atoms with Gasteiger partial charge in [0, 0.05) is 31.9 Å². The number of nitrogens with two attached hydrogens (primary N) is 1. The molecule has 6 nitrogen and oxygen atoms in total. The van der Waals surface area contributed by atoms with Crippen molar-refractivity contribution in [3.8, 4) is 0 Å². The fourth-order valence-corrected chi connectivity index (χ4v) is 3.31. The van der Waals surface area contributed by atoms with E-state index in [1.54, 1.807) is 23.0 Å². The van der Waals surface area contributed by atoms with Crippen molar-refractivity contribution < 1.29 is 8.42 Å². The smallest absolute Gasteiger partial charge is 0.242 e. The Kier molecular flexibility index (Phi) is 4.34. The van der Waals surface area contributed by atoms with Crippen LogP contribution in [0.25, 0.3) is 0 Å². The van der Waals surface area contributed by atoms with Crippen LogP contribution in [0.2, 0.25) is 0 Å². The minimum atomic E-state index is -3.60. The largest absolute Gasteiger partial charge is 0.398 e. The molecule has 0 unspecified atom stereocenters. The van der Waals surface area contributed by atoms with Crippen LogP contribution >= 0.6 is 0 Å². The number of aromatic nitrogens is 2. The van der Waals surface area contributed by atoms with Crippen molar-refractivity contribution in [3.05, 3.63) is 41.2 Å². The van der Waals surface area contributed by atoms with E-state index >= 15 is 0 Å². The third-order valence-electron chi connectivity index (χ3n) is 3.51. The van der Waals surface area contributed by atoms with Crippen LogP contribution in [0.1, 0.15) is 16.8 Å². The first kappa shape index (κ1) is 15.5. The maximum absolute atomic E-state index is 12.3. The van der Waals surface area contributed by atoms with Gasteiger partial charge in [-0.15, -0.1) is 0 Å². The zero-order valence-corrected chi connectivity index (χ0v) is 13.2. The Bertz CT molecular complexity index is 750. The third kappa shape index (κ3) is 3.43. The predicted molar refractivity (Wildman–Crippen MR) is 82.4 cm³/mol. The van der Waals surface area contributed by atoms with Gasteiger partial charge in [-0.05, 0) is 43.2 Å². The fraction of sp³-hybridized carbons (Fsp3) is 0.357. The first-order chi connectivity index (χ1) is 9.81. The average Bonchev–Trinajstić information content (AvgIpc) is 2.79. The molecule has 0 fully saturated rings. The van der Waals surface area contributed by atoms with Gasteiger partial charge in [-0.2, -0.15) is 5.10 Å². The van der Waals surface area contributed by atoms with Crippen molar-refractivity contribution in [2.45, 2.75) is 25.2 Å². The zero-order chi connectivity index (χ0) is 15.6. The molecule has 0 spiro atoms. The molecule has 2 aromatic rings. The standard InChI is InChI=1S/C14H20N4O2S/c1-10-8-13(15)14(9-11(10)2)21(19,20)17-7-5-12-4-6-16-18(12)3/h4,6,8-9,17H,5,7,15H2,1-3H3. The van der Waals surface area contributed by atoms with Gasteiger partial charge in [0.15, 0.2) is 0 Å². The zero-order valence-electron chi connectivity index (χ0n) is 12.4. The number of benzene rings is 1. The number of hydrogen-bond acceptors (Lipinski definition) is 4. The Hall–Kier alpha value is -1.86. The van der Waals surface area contributed by atoms with E-state index in [1.165, 1.54) is 0 Å². The van der Waals surface area contributed by atoms with E-state index in [4.69, 9.17) is 5.73 Å². The number of sulfonamides is 1. The van der Waals surface area contributed by atoms with Crippen LogP contribution < -0.4 is 10.5 Å². The Labute approximate surface area is 125 Å². The van der Waals surface area contributed by atoms with E-state index in [2.05, 4.69) is 9.82 Å². The van der Waals surface area contributed by atoms with Crippen LogP contribution in [0, 0.1) is 13.8 Å². The molecule has 0 aliphatic carbocycles. The fourth-order valence-electron chi connectivity index (χ4n) is 2.08. The van der Waals surface area contributed by atoms with E-state index in [0.29, 0.717) is 13.0 Å². The van der Waals surface area contributed by atoms with Crippen LogP contribution in [0.3, 0.4) is 0 Å². The Morgan fingerprint density at radius 3 is 2.57 bits per heavy atom. The molecule has 1 heterocycles. The molecule has 0 amide bonds. The van der Waals surface area contributed by atoms with Crippen molar-refractivity contribution in [1.29, 1.82) is 0 Å². The van der Waals surface area contributed by atoms with Crippen molar-refractivity contribution in [2.24, 2.45) is 7.05 Å². The molecule has 0 radical (unpaired) electrons. The first-order valence-corrected chi connectivity index (χ1v) is 8.13. The van der Waals surface area contributed by atoms with E-state index in [-0.39, 0.29) is 10.6 Å². The highest BCUT2D eigenvalue weighted by molar-refractivity contribution is 7.89. The van der Waals surface area contributed by atoms with E-state index < -0.39 is 10.0 Å². The molecular weight excluding hydrogens is 288 g/mol. The molecule has 114 valence electrons. The van der Waals surface area contributed by atoms with Gasteiger partial charge in [0.25, 0.3) is 0 Å². The molecule has 0 aliphatic rings. The lowest BCUT2D eigenvalue weighted by atomic mass is 10.1. The van der Waals surface area contributed by atoms with Gasteiger partial charge in [0.2, 0.25) is 10.0 Å². The molecule has 0 atom stereocenters. The lowest BCUT2D eigenvalue weighted by Gasteiger charge is -2.11. The summed E-state index contributed by atoms with van der Waals surface area (Å²) in [6, 6.07) is 5.15. The van der Waals surface area contributed by atoms with Crippen LogP contribution in [0.4, 0.5) is 5.69 Å². The molecular formula is C14H20N4O2S. The molecule has 0 saturated carbocycles. The second-order valence-corrected chi connectivity index (χ2v) is 6.80. The van der Waals surface area contributed by atoms with Gasteiger partial charge in [-0.25, -0.2) is 13.1 Å². The lowest BCUT2D eigenvalue weighted by Crippen LogP contribution is -2.27. The summed E-state index contributed by atoms with van der Waals surface area (Å²) in [5.41, 5.74) is 8.94. The summed E-state index contributed by atoms with van der Waals surface area (Å²) in [4.78, 5) is 0.135. The molecule has 0 aliphatic heterocycles. The summed E-state index contributed by atoms with van der Waals surface area (Å²) >= 11 is 0. The molecule has 0 saturated heterocycles. The van der Waals surface area contributed by atoms with Crippen molar-refractivity contribution in [2.75, 3.05) is 12.3 Å². The average molecular weight is 308 g/mol. The molecule has 21 heavy (non-hydrogen) atoms. The monoisotopic (exact) mass is 308 g/mol. The topological polar surface area (TPSA) is 90.0 Å². The highest BCUT2D eigenvalue weighted by Crippen LogP contribution is 2.22. The summed E-state index contributed by atoms with van der Waals surface area (Å²) in [5, 5.41) is 4.04. The van der Waals surface area contributed by atoms with Gasteiger partial charge in [0.1, 0.15) is 4.90 Å². The van der Waals surface area contributed by atoms with Gasteiger partial charge in [0.05, 0.1) is 5.69 Å². The van der Waals surface area contributed by atoms with Crippen LogP contribution in [0.15, 0.2) is 29.3 Å². The summed E-state index contributed by atoms with van der Waals surface area (Å²) in [7, 11) is -1.78. The molecule has 2 rings (SSSR count). The van der Waals surface area contributed by atoms with Gasteiger partial charge >= 0.3 is 0 Å². The Morgan fingerprint density at radius 2 is 1.95 bits per heavy atom. The number of nitrogens with one attached hydrogen (secondary N) is 1. The summed E-state index contributed by atoms with van der Waals surface area (Å²) in [6.07, 6.45) is 2.26. The number of rotatable bonds is 5. The highest BCUT2D eigenvalue weighted by Gasteiger charge is 2.18. The third-order valence-corrected chi connectivity index (χ3v) is 5.03. The number of nitrogens with zero attached hydrogens (tertiary/aromatic N) is 2. The van der Waals surface area contributed by atoms with E-state index in [9.17, 15) is 8.42 Å². The maximum atomic E-state index is 12.3. The molecule has 7 heteroatoms. The molecule has 1 aromatic heterocycles. The van der Waals surface area contributed by atoms with Crippen molar-refractivity contribution in [3.63, 3.8) is 0 Å². The SMILES string of the molecule is Cc1cc(N)c(S(=O)(=O)NCCc2ccnn2C)cc1C. The number of nitrogen functional groups attached to an aromatic ring is 1. The van der Waals surface area contributed by atoms with Gasteiger partial charge in [-0.3, -0.25) is 4.68 Å². The predicted octanol–water partition coefficient (Wildman–Crippen LogP) is 1.14. The molecule has 3 N–H and O–H groups in total. The highest BCUT2D eigenvalue weighted by atomic mass is 32.2. The van der Waals surface area contributed by atoms with Crippen molar-refractivity contribution in [1.82, 2.24) is 14.5 Å². The minimum absolute atomic E-state index is 0.135. The number of aryl methyl sites for hydroxylation is 3. The number of anilines is 1. The maximum Gasteiger partial charge on any atom is 0.242 e. The van der Waals surface area contributed by atoms with Gasteiger partial charge < -0.3 is 5.73 Å². The Balaban J connectivity index is 2.12. The molecule has 0 bridgehead atoms. The van der Waals surface area contributed by atoms with Crippen molar-refractivity contribution >= 4 is 15.7 Å². The van der Waals surface area contributed by atoms with E-state index in [1.807, 2.05) is 27.0 Å². The summed E-state index contributed by atoms with van der Waals surface area (Å²) in [5.74, 6) is 0.